The van der Waals surface area contributed by atoms with Gasteiger partial charge >= 0.3 is 6.18 Å². The van der Waals surface area contributed by atoms with Gasteiger partial charge in [0.1, 0.15) is 18.0 Å². The number of rotatable bonds is 7. The summed E-state index contributed by atoms with van der Waals surface area (Å²) >= 11 is 0. The lowest BCUT2D eigenvalue weighted by Crippen LogP contribution is -2.49. The summed E-state index contributed by atoms with van der Waals surface area (Å²) in [5.74, 6) is 0.0505. The molecular weight excluding hydrogens is 481 g/mol. The second-order valence-electron chi connectivity index (χ2n) is 8.57. The quantitative estimate of drug-likeness (QED) is 0.606. The number of aromatic amines is 1. The zero-order valence-corrected chi connectivity index (χ0v) is 19.3. The molecule has 36 heavy (non-hydrogen) atoms. The predicted molar refractivity (Wildman–Crippen MR) is 120 cm³/mol. The Morgan fingerprint density at radius 3 is 2.58 bits per heavy atom. The molecule has 192 valence electrons. The van der Waals surface area contributed by atoms with E-state index in [0.717, 1.165) is 12.0 Å². The van der Waals surface area contributed by atoms with E-state index in [0.29, 0.717) is 51.0 Å². The number of halogens is 3. The number of H-pyrrole nitrogens is 1. The summed E-state index contributed by atoms with van der Waals surface area (Å²) in [6, 6.07) is 5.51. The van der Waals surface area contributed by atoms with Crippen molar-refractivity contribution in [3.8, 4) is 11.8 Å². The molecule has 0 unspecified atom stereocenters. The molecule has 4 rings (SSSR count). The Kier molecular flexibility index (Phi) is 7.73. The number of hydrogen-bond acceptors (Lipinski definition) is 8. The number of pyridine rings is 1. The van der Waals surface area contributed by atoms with E-state index in [9.17, 15) is 22.8 Å². The van der Waals surface area contributed by atoms with Gasteiger partial charge in [0, 0.05) is 32.4 Å². The molecule has 1 aliphatic heterocycles. The Bertz CT molecular complexity index is 1160. The number of nitrogens with zero attached hydrogens (tertiary/aromatic N) is 5. The maximum atomic E-state index is 13.3. The van der Waals surface area contributed by atoms with Gasteiger partial charge in [-0.25, -0.2) is 10.1 Å². The summed E-state index contributed by atoms with van der Waals surface area (Å²) in [6.07, 6.45) is -1.82. The number of aromatic nitrogens is 3. The van der Waals surface area contributed by atoms with Crippen LogP contribution in [0.15, 0.2) is 29.3 Å². The van der Waals surface area contributed by atoms with Crippen LogP contribution in [-0.4, -0.2) is 71.0 Å². The van der Waals surface area contributed by atoms with Crippen LogP contribution < -0.4 is 15.2 Å². The average Bonchev–Trinajstić information content (AvgIpc) is 3.30. The highest BCUT2D eigenvalue weighted by Crippen LogP contribution is 2.35. The number of nitriles is 1. The highest BCUT2D eigenvalue weighted by molar-refractivity contribution is 5.76. The van der Waals surface area contributed by atoms with Gasteiger partial charge in [0.15, 0.2) is 11.3 Å². The number of nitrogens with one attached hydrogen (secondary N) is 1. The maximum Gasteiger partial charge on any atom is 0.425 e. The minimum Gasteiger partial charge on any atom is -0.485 e. The number of ether oxygens (including phenoxy) is 2. The molecule has 0 spiro atoms. The van der Waals surface area contributed by atoms with E-state index in [4.69, 9.17) is 14.7 Å². The summed E-state index contributed by atoms with van der Waals surface area (Å²) < 4.78 is 51.2. The second-order valence-corrected chi connectivity index (χ2v) is 8.57. The Hall–Kier alpha value is -3.66. The lowest BCUT2D eigenvalue weighted by Gasteiger charge is -2.35. The maximum absolute atomic E-state index is 13.3. The van der Waals surface area contributed by atoms with Crippen molar-refractivity contribution in [1.29, 1.82) is 5.26 Å². The molecule has 2 fully saturated rings. The predicted octanol–water partition coefficient (Wildman–Crippen LogP) is 2.11. The third-order valence-corrected chi connectivity index (χ3v) is 6.26. The van der Waals surface area contributed by atoms with Gasteiger partial charge in [-0.15, -0.1) is 0 Å². The van der Waals surface area contributed by atoms with Crippen molar-refractivity contribution in [3.63, 3.8) is 0 Å². The molecule has 1 amide bonds. The molecule has 2 aromatic rings. The number of piperazine rings is 1. The van der Waals surface area contributed by atoms with Gasteiger partial charge < -0.3 is 19.3 Å². The van der Waals surface area contributed by atoms with Gasteiger partial charge in [0.2, 0.25) is 5.91 Å². The SMILES string of the molecule is N#Cc1ccc(N2CCN(C(=O)CCO[C@@H]3CCC[C@H]3Oc3cn[nH]c(=O)c3C(F)(F)F)CC2)nc1. The normalized spacial score (nSPS) is 20.3. The standard InChI is InChI=1S/C23H25F3N6O4/c24-23(25,26)21-18(14-29-30-22(21)34)36-17-3-1-2-16(17)35-11-6-20(33)32-9-7-31(8-10-32)19-5-4-15(12-27)13-28-19/h4-5,13-14,16-17H,1-3,6-11H2,(H,30,34)/t16-,17-/m1/s1. The smallest absolute Gasteiger partial charge is 0.425 e. The van der Waals surface area contributed by atoms with Gasteiger partial charge in [0.25, 0.3) is 5.56 Å². The number of amides is 1. The van der Waals surface area contributed by atoms with Crippen LogP contribution in [0.3, 0.4) is 0 Å². The summed E-state index contributed by atoms with van der Waals surface area (Å²) in [5, 5.41) is 14.1. The van der Waals surface area contributed by atoms with Crippen molar-refractivity contribution in [3.05, 3.63) is 46.0 Å². The van der Waals surface area contributed by atoms with Crippen LogP contribution in [0.2, 0.25) is 0 Å². The van der Waals surface area contributed by atoms with Gasteiger partial charge in [-0.3, -0.25) is 9.59 Å². The van der Waals surface area contributed by atoms with Crippen molar-refractivity contribution in [1.82, 2.24) is 20.1 Å². The summed E-state index contributed by atoms with van der Waals surface area (Å²) in [6.45, 7) is 2.36. The topological polar surface area (TPSA) is 124 Å². The van der Waals surface area contributed by atoms with Crippen LogP contribution in [0.5, 0.6) is 5.75 Å². The van der Waals surface area contributed by atoms with Crippen LogP contribution in [0.4, 0.5) is 19.0 Å². The molecule has 1 aliphatic carbocycles. The van der Waals surface area contributed by atoms with Gasteiger partial charge in [0.05, 0.1) is 30.9 Å². The first-order valence-corrected chi connectivity index (χ1v) is 11.6. The second kappa shape index (κ2) is 10.9. The Morgan fingerprint density at radius 1 is 1.17 bits per heavy atom. The molecule has 1 N–H and O–H groups in total. The molecule has 1 saturated heterocycles. The van der Waals surface area contributed by atoms with E-state index in [-0.39, 0.29) is 18.9 Å². The monoisotopic (exact) mass is 506 g/mol. The molecule has 0 aromatic carbocycles. The van der Waals surface area contributed by atoms with Gasteiger partial charge in [-0.1, -0.05) is 0 Å². The largest absolute Gasteiger partial charge is 0.485 e. The summed E-state index contributed by atoms with van der Waals surface area (Å²) in [4.78, 5) is 32.4. The molecule has 0 bridgehead atoms. The first-order valence-electron chi connectivity index (χ1n) is 11.6. The molecule has 2 aliphatic rings. The minimum absolute atomic E-state index is 0.0731. The minimum atomic E-state index is -4.88. The third kappa shape index (κ3) is 5.93. The molecule has 1 saturated carbocycles. The first-order chi connectivity index (χ1) is 17.3. The number of carbonyl (C=O) groups is 1. The molecule has 2 aromatic heterocycles. The zero-order valence-electron chi connectivity index (χ0n) is 19.3. The molecule has 2 atom stereocenters. The average molecular weight is 506 g/mol. The van der Waals surface area contributed by atoms with Gasteiger partial charge in [-0.2, -0.15) is 23.5 Å². The van der Waals surface area contributed by atoms with Crippen molar-refractivity contribution in [2.24, 2.45) is 0 Å². The molecular formula is C23H25F3N6O4. The van der Waals surface area contributed by atoms with Crippen LogP contribution in [0, 0.1) is 11.3 Å². The van der Waals surface area contributed by atoms with Crippen molar-refractivity contribution in [2.45, 2.75) is 44.1 Å². The third-order valence-electron chi connectivity index (χ3n) is 6.26. The van der Waals surface area contributed by atoms with Crippen LogP contribution in [0.25, 0.3) is 0 Å². The lowest BCUT2D eigenvalue weighted by molar-refractivity contribution is -0.141. The van der Waals surface area contributed by atoms with E-state index in [2.05, 4.69) is 10.1 Å². The molecule has 10 nitrogen and oxygen atoms in total. The van der Waals surface area contributed by atoms with Crippen molar-refractivity contribution >= 4 is 11.7 Å². The number of alkyl halides is 3. The van der Waals surface area contributed by atoms with Crippen LogP contribution in [0.1, 0.15) is 36.8 Å². The Balaban J connectivity index is 1.25. The van der Waals surface area contributed by atoms with Crippen molar-refractivity contribution in [2.75, 3.05) is 37.7 Å². The fraction of sp³-hybridized carbons (Fsp3) is 0.522. The van der Waals surface area contributed by atoms with Gasteiger partial charge in [-0.05, 0) is 31.4 Å². The van der Waals surface area contributed by atoms with E-state index in [1.807, 2.05) is 11.0 Å². The fourth-order valence-corrected chi connectivity index (χ4v) is 4.40. The molecule has 3 heterocycles. The Morgan fingerprint density at radius 2 is 1.92 bits per heavy atom. The summed E-state index contributed by atoms with van der Waals surface area (Å²) in [7, 11) is 0. The molecule has 0 radical (unpaired) electrons. The van der Waals surface area contributed by atoms with E-state index in [1.54, 1.807) is 22.1 Å². The van der Waals surface area contributed by atoms with Crippen molar-refractivity contribution < 1.29 is 27.4 Å². The fourth-order valence-electron chi connectivity index (χ4n) is 4.40. The number of anilines is 1. The number of carbonyl (C=O) groups excluding carboxylic acids is 1. The first kappa shape index (κ1) is 25.4. The van der Waals surface area contributed by atoms with E-state index >= 15 is 0 Å². The van der Waals surface area contributed by atoms with Crippen LogP contribution in [-0.2, 0) is 15.7 Å². The molecule has 13 heteroatoms. The number of hydrogen-bond donors (Lipinski definition) is 1. The van der Waals surface area contributed by atoms with Crippen LogP contribution >= 0.6 is 0 Å². The Labute approximate surface area is 204 Å². The summed E-state index contributed by atoms with van der Waals surface area (Å²) in [5.41, 5.74) is -2.30. The highest BCUT2D eigenvalue weighted by atomic mass is 19.4. The zero-order chi connectivity index (χ0) is 25.7. The lowest BCUT2D eigenvalue weighted by atomic mass is 10.2. The highest BCUT2D eigenvalue weighted by Gasteiger charge is 2.40. The van der Waals surface area contributed by atoms with E-state index < -0.39 is 35.3 Å². The van der Waals surface area contributed by atoms with E-state index in [1.165, 1.54) is 6.20 Å².